The molecule has 160 valence electrons. The van der Waals surface area contributed by atoms with E-state index in [4.69, 9.17) is 11.6 Å². The smallest absolute Gasteiger partial charge is 0.320 e. The van der Waals surface area contributed by atoms with Crippen molar-refractivity contribution >= 4 is 29.4 Å². The number of hydrogen-bond acceptors (Lipinski definition) is 4. The first-order chi connectivity index (χ1) is 14.3. The van der Waals surface area contributed by atoms with Crippen molar-refractivity contribution < 1.29 is 14.0 Å². The molecular weight excluding hydrogens is 409 g/mol. The molecular formula is C21H25ClFN5O2. The highest BCUT2D eigenvalue weighted by Crippen LogP contribution is 2.35. The van der Waals surface area contributed by atoms with Gasteiger partial charge in [-0.1, -0.05) is 23.7 Å². The van der Waals surface area contributed by atoms with Crippen LogP contribution < -0.4 is 16.0 Å². The molecule has 3 amide bonds. The lowest BCUT2D eigenvalue weighted by Gasteiger charge is -2.32. The lowest BCUT2D eigenvalue weighted by Crippen LogP contribution is -2.43. The maximum Gasteiger partial charge on any atom is 0.320 e. The number of nitrogens with zero attached hydrogens (tertiary/aromatic N) is 2. The van der Waals surface area contributed by atoms with Crippen LogP contribution in [0.2, 0.25) is 5.02 Å². The van der Waals surface area contributed by atoms with Crippen LogP contribution in [0.4, 0.5) is 15.0 Å². The summed E-state index contributed by atoms with van der Waals surface area (Å²) in [6.07, 6.45) is 0.715. The minimum atomic E-state index is -0.483. The van der Waals surface area contributed by atoms with Gasteiger partial charge in [0.15, 0.2) is 0 Å². The fourth-order valence-electron chi connectivity index (χ4n) is 3.75. The van der Waals surface area contributed by atoms with E-state index in [1.54, 1.807) is 24.3 Å². The van der Waals surface area contributed by atoms with E-state index in [0.29, 0.717) is 6.42 Å². The van der Waals surface area contributed by atoms with Gasteiger partial charge in [0.2, 0.25) is 0 Å². The normalized spacial score (nSPS) is 19.0. The molecule has 1 aliphatic heterocycles. The van der Waals surface area contributed by atoms with Crippen LogP contribution in [0.1, 0.15) is 42.4 Å². The molecule has 2 heterocycles. The van der Waals surface area contributed by atoms with Crippen LogP contribution >= 0.6 is 11.6 Å². The van der Waals surface area contributed by atoms with E-state index in [1.165, 1.54) is 19.2 Å². The molecule has 2 atom stereocenters. The second-order valence-electron chi connectivity index (χ2n) is 7.43. The summed E-state index contributed by atoms with van der Waals surface area (Å²) in [5.41, 5.74) is 0.963. The maximum atomic E-state index is 14.1. The number of urea groups is 1. The second-order valence-corrected chi connectivity index (χ2v) is 7.84. The first kappa shape index (κ1) is 22.0. The Hall–Kier alpha value is -2.71. The Bertz CT molecular complexity index is 939. The lowest BCUT2D eigenvalue weighted by molar-refractivity contribution is 0.0958. The number of halogens is 2. The average Bonchev–Trinajstić information content (AvgIpc) is 3.13. The number of aromatic nitrogens is 1. The van der Waals surface area contributed by atoms with Gasteiger partial charge in [-0.3, -0.25) is 15.0 Å². The quantitative estimate of drug-likeness (QED) is 0.672. The number of likely N-dealkylation sites (tertiary alicyclic amines) is 1. The van der Waals surface area contributed by atoms with Gasteiger partial charge in [-0.2, -0.15) is 0 Å². The Kier molecular flexibility index (Phi) is 6.89. The fourth-order valence-corrected chi connectivity index (χ4v) is 3.86. The Balaban J connectivity index is 1.76. The van der Waals surface area contributed by atoms with Crippen LogP contribution in [0.15, 0.2) is 36.4 Å². The maximum absolute atomic E-state index is 14.1. The summed E-state index contributed by atoms with van der Waals surface area (Å²) in [6, 6.07) is 8.92. The highest BCUT2D eigenvalue weighted by Gasteiger charge is 2.37. The van der Waals surface area contributed by atoms with Crippen LogP contribution in [-0.4, -0.2) is 47.5 Å². The molecule has 0 aliphatic carbocycles. The van der Waals surface area contributed by atoms with Gasteiger partial charge >= 0.3 is 6.03 Å². The molecule has 2 aromatic rings. The summed E-state index contributed by atoms with van der Waals surface area (Å²) in [7, 11) is 1.51. The molecule has 2 unspecified atom stereocenters. The zero-order chi connectivity index (χ0) is 21.8. The summed E-state index contributed by atoms with van der Waals surface area (Å²) in [5, 5.41) is 8.20. The van der Waals surface area contributed by atoms with Crippen molar-refractivity contribution in [1.82, 2.24) is 20.5 Å². The SMILES string of the molecule is CNC(=O)c1cccc(NC(=O)NC2CCN(C(C)C)C2c2ccc(Cl)c(F)c2)n1. The number of carbonyl (C=O) groups excluding carboxylic acids is 2. The van der Waals surface area contributed by atoms with E-state index in [0.717, 1.165) is 12.1 Å². The Morgan fingerprint density at radius 1 is 1.27 bits per heavy atom. The van der Waals surface area contributed by atoms with E-state index >= 15 is 0 Å². The zero-order valence-electron chi connectivity index (χ0n) is 17.1. The number of rotatable bonds is 5. The molecule has 1 saturated heterocycles. The number of nitrogens with one attached hydrogen (secondary N) is 3. The van der Waals surface area contributed by atoms with Crippen molar-refractivity contribution in [1.29, 1.82) is 0 Å². The van der Waals surface area contributed by atoms with Crippen molar-refractivity contribution in [3.8, 4) is 0 Å². The molecule has 0 spiro atoms. The van der Waals surface area contributed by atoms with Crippen molar-refractivity contribution in [3.63, 3.8) is 0 Å². The van der Waals surface area contributed by atoms with E-state index in [1.807, 2.05) is 0 Å². The standard InChI is InChI=1S/C21H25ClFN5O2/c1-12(2)28-10-9-16(19(28)13-7-8-14(22)15(23)11-13)26-21(30)27-18-6-4-5-17(25-18)20(29)24-3/h4-8,11-12,16,19H,9-10H2,1-3H3,(H,24,29)(H2,25,26,27,30). The number of benzene rings is 1. The predicted molar refractivity (Wildman–Crippen MR) is 114 cm³/mol. The molecule has 3 rings (SSSR count). The van der Waals surface area contributed by atoms with Crippen LogP contribution in [0, 0.1) is 5.82 Å². The molecule has 7 nitrogen and oxygen atoms in total. The topological polar surface area (TPSA) is 86.4 Å². The molecule has 1 aromatic carbocycles. The van der Waals surface area contributed by atoms with E-state index in [9.17, 15) is 14.0 Å². The van der Waals surface area contributed by atoms with Crippen molar-refractivity contribution in [3.05, 3.63) is 58.5 Å². The lowest BCUT2D eigenvalue weighted by atomic mass is 9.99. The van der Waals surface area contributed by atoms with Crippen molar-refractivity contribution in [2.45, 2.75) is 38.4 Å². The van der Waals surface area contributed by atoms with Gasteiger partial charge in [-0.15, -0.1) is 0 Å². The van der Waals surface area contributed by atoms with Gasteiger partial charge in [0.05, 0.1) is 17.1 Å². The zero-order valence-corrected chi connectivity index (χ0v) is 17.8. The molecule has 1 aromatic heterocycles. The van der Waals surface area contributed by atoms with Gasteiger partial charge < -0.3 is 10.6 Å². The van der Waals surface area contributed by atoms with Crippen LogP contribution in [-0.2, 0) is 0 Å². The summed E-state index contributed by atoms with van der Waals surface area (Å²) >= 11 is 5.84. The fraction of sp³-hybridized carbons (Fsp3) is 0.381. The molecule has 30 heavy (non-hydrogen) atoms. The van der Waals surface area contributed by atoms with Gasteiger partial charge in [0.1, 0.15) is 17.3 Å². The predicted octanol–water partition coefficient (Wildman–Crippen LogP) is 3.58. The molecule has 0 bridgehead atoms. The van der Waals surface area contributed by atoms with E-state index < -0.39 is 11.8 Å². The summed E-state index contributed by atoms with van der Waals surface area (Å²) in [4.78, 5) is 30.7. The van der Waals surface area contributed by atoms with Crippen LogP contribution in [0.25, 0.3) is 0 Å². The van der Waals surface area contributed by atoms with Gasteiger partial charge in [0.25, 0.3) is 5.91 Å². The number of anilines is 1. The second kappa shape index (κ2) is 9.40. The van der Waals surface area contributed by atoms with Gasteiger partial charge in [0, 0.05) is 19.6 Å². The molecule has 0 radical (unpaired) electrons. The molecule has 1 fully saturated rings. The minimum absolute atomic E-state index is 0.0668. The molecule has 3 N–H and O–H groups in total. The number of pyridine rings is 1. The number of amides is 3. The minimum Gasteiger partial charge on any atom is -0.354 e. The summed E-state index contributed by atoms with van der Waals surface area (Å²) in [5.74, 6) is -0.558. The number of carbonyl (C=O) groups is 2. The van der Waals surface area contributed by atoms with Crippen molar-refractivity contribution in [2.75, 3.05) is 18.9 Å². The third-order valence-corrected chi connectivity index (χ3v) is 5.46. The Morgan fingerprint density at radius 3 is 2.70 bits per heavy atom. The third-order valence-electron chi connectivity index (χ3n) is 5.15. The van der Waals surface area contributed by atoms with Crippen molar-refractivity contribution in [2.24, 2.45) is 0 Å². The highest BCUT2D eigenvalue weighted by atomic mass is 35.5. The summed E-state index contributed by atoms with van der Waals surface area (Å²) in [6.45, 7) is 4.90. The average molecular weight is 434 g/mol. The summed E-state index contributed by atoms with van der Waals surface area (Å²) < 4.78 is 14.1. The molecule has 9 heteroatoms. The number of hydrogen-bond donors (Lipinski definition) is 3. The van der Waals surface area contributed by atoms with Gasteiger partial charge in [-0.25, -0.2) is 14.2 Å². The first-order valence-electron chi connectivity index (χ1n) is 9.77. The van der Waals surface area contributed by atoms with E-state index in [2.05, 4.69) is 39.7 Å². The van der Waals surface area contributed by atoms with Crippen LogP contribution in [0.3, 0.4) is 0 Å². The Morgan fingerprint density at radius 2 is 2.03 bits per heavy atom. The van der Waals surface area contributed by atoms with E-state index in [-0.39, 0.29) is 40.6 Å². The molecule has 0 saturated carbocycles. The highest BCUT2D eigenvalue weighted by molar-refractivity contribution is 6.30. The van der Waals surface area contributed by atoms with Gasteiger partial charge in [-0.05, 0) is 50.1 Å². The monoisotopic (exact) mass is 433 g/mol. The largest absolute Gasteiger partial charge is 0.354 e. The van der Waals surface area contributed by atoms with Crippen LogP contribution in [0.5, 0.6) is 0 Å². The molecule has 1 aliphatic rings. The third kappa shape index (κ3) is 4.88. The Labute approximate surface area is 180 Å². The first-order valence-corrected chi connectivity index (χ1v) is 10.1.